The Morgan fingerprint density at radius 2 is 1.82 bits per heavy atom. The summed E-state index contributed by atoms with van der Waals surface area (Å²) in [6.45, 7) is 1.65. The van der Waals surface area contributed by atoms with Crippen LogP contribution in [0.3, 0.4) is 0 Å². The molecule has 0 bridgehead atoms. The molecule has 5 nitrogen and oxygen atoms in total. The second-order valence-electron chi connectivity index (χ2n) is 9.61. The third-order valence-corrected chi connectivity index (χ3v) is 9.57. The fourth-order valence-electron chi connectivity index (χ4n) is 4.51. The van der Waals surface area contributed by atoms with Crippen molar-refractivity contribution >= 4 is 48.7 Å². The van der Waals surface area contributed by atoms with E-state index < -0.39 is 53.4 Å². The molecule has 1 aliphatic heterocycles. The maximum atomic E-state index is 14.5. The third kappa shape index (κ3) is 6.71. The smallest absolute Gasteiger partial charge is 0.416 e. The van der Waals surface area contributed by atoms with Gasteiger partial charge in [-0.25, -0.2) is 17.5 Å². The van der Waals surface area contributed by atoms with Gasteiger partial charge in [-0.05, 0) is 66.4 Å². The minimum absolute atomic E-state index is 0.000566. The normalized spacial score (nSPS) is 19.4. The first-order chi connectivity index (χ1) is 18.6. The molecule has 0 spiro atoms. The van der Waals surface area contributed by atoms with E-state index in [0.717, 1.165) is 18.2 Å². The number of rotatable bonds is 7. The maximum Gasteiger partial charge on any atom is 0.416 e. The fraction of sp³-hybridized carbons (Fsp3) is 0.250. The van der Waals surface area contributed by atoms with E-state index in [2.05, 4.69) is 10.6 Å². The van der Waals surface area contributed by atoms with Gasteiger partial charge in [-0.3, -0.25) is 4.21 Å². The molecule has 1 heterocycles. The van der Waals surface area contributed by atoms with Crippen LogP contribution in [-0.2, 0) is 25.7 Å². The summed E-state index contributed by atoms with van der Waals surface area (Å²) in [6.07, 6.45) is -2.62. The Morgan fingerprint density at radius 1 is 1.12 bits per heavy atom. The predicted octanol–water partition coefficient (Wildman–Crippen LogP) is 6.58. The van der Waals surface area contributed by atoms with Gasteiger partial charge in [-0.15, -0.1) is 0 Å². The highest BCUT2D eigenvalue weighted by molar-refractivity contribution is 7.97. The summed E-state index contributed by atoms with van der Waals surface area (Å²) in [7, 11) is -6.99. The molecule has 0 amide bonds. The molecule has 0 radical (unpaired) electrons. The molecule has 0 saturated heterocycles. The van der Waals surface area contributed by atoms with Crippen LogP contribution < -0.4 is 9.46 Å². The minimum Gasteiger partial charge on any atom is -0.489 e. The van der Waals surface area contributed by atoms with Crippen molar-refractivity contribution in [2.75, 3.05) is 12.8 Å². The summed E-state index contributed by atoms with van der Waals surface area (Å²) in [5.74, 6) is 3.20. The molecule has 3 atom stereocenters. The topological polar surface area (TPSA) is 72.5 Å². The second kappa shape index (κ2) is 11.2. The van der Waals surface area contributed by atoms with Crippen LogP contribution in [0.1, 0.15) is 40.8 Å². The Morgan fingerprint density at radius 3 is 2.48 bits per heavy atom. The van der Waals surface area contributed by atoms with Crippen molar-refractivity contribution in [1.82, 2.24) is 4.72 Å². The van der Waals surface area contributed by atoms with Gasteiger partial charge in [-0.1, -0.05) is 35.9 Å². The van der Waals surface area contributed by atoms with E-state index in [-0.39, 0.29) is 34.9 Å². The van der Waals surface area contributed by atoms with Gasteiger partial charge in [0.25, 0.3) is 0 Å². The molecule has 1 aliphatic rings. The van der Waals surface area contributed by atoms with Gasteiger partial charge in [0.05, 0.1) is 20.7 Å². The van der Waals surface area contributed by atoms with E-state index in [0.29, 0.717) is 17.2 Å². The summed E-state index contributed by atoms with van der Waals surface area (Å²) in [5, 5.41) is -1.08. The van der Waals surface area contributed by atoms with Gasteiger partial charge >= 0.3 is 6.18 Å². The quantitative estimate of drug-likeness (QED) is 0.185. The Bertz CT molecular complexity index is 1670. The van der Waals surface area contributed by atoms with Crippen molar-refractivity contribution in [2.45, 2.75) is 35.8 Å². The van der Waals surface area contributed by atoms with Gasteiger partial charge in [0, 0.05) is 40.1 Å². The molecule has 40 heavy (non-hydrogen) atoms. The molecule has 12 heteroatoms. The van der Waals surface area contributed by atoms with Gasteiger partial charge in [0.1, 0.15) is 17.7 Å². The number of halogens is 5. The molecule has 214 valence electrons. The zero-order valence-corrected chi connectivity index (χ0v) is 23.9. The predicted molar refractivity (Wildman–Crippen MR) is 151 cm³/mol. The number of nitrogens with one attached hydrogen (secondary N) is 1. The number of alkyl halides is 3. The van der Waals surface area contributed by atoms with E-state index >= 15 is 0 Å². The first-order valence-corrected chi connectivity index (χ1v) is 16.0. The summed E-state index contributed by atoms with van der Waals surface area (Å²) in [6, 6.07) is 12.6. The number of hydrogen-bond donors (Lipinski definition) is 1. The Kier molecular flexibility index (Phi) is 8.43. The second-order valence-corrected chi connectivity index (χ2v) is 14.4. The van der Waals surface area contributed by atoms with Crippen LogP contribution in [0.15, 0.2) is 65.6 Å². The van der Waals surface area contributed by atoms with Crippen LogP contribution in [0.2, 0.25) is 5.02 Å². The molecular formula is C28H26ClF4NO4S2. The summed E-state index contributed by atoms with van der Waals surface area (Å²) < 4.78 is 103. The number of allylic oxidation sites excluding steroid dienone is 1. The Labute approximate surface area is 235 Å². The number of benzene rings is 3. The lowest BCUT2D eigenvalue weighted by Crippen LogP contribution is -2.39. The molecule has 4 rings (SSSR count). The van der Waals surface area contributed by atoms with E-state index in [1.54, 1.807) is 37.3 Å². The maximum absolute atomic E-state index is 14.5. The highest BCUT2D eigenvalue weighted by Gasteiger charge is 2.39. The van der Waals surface area contributed by atoms with Crippen LogP contribution >= 0.6 is 11.6 Å². The van der Waals surface area contributed by atoms with Crippen LogP contribution in [0.5, 0.6) is 5.75 Å². The molecule has 0 aromatic heterocycles. The van der Waals surface area contributed by atoms with E-state index in [4.69, 9.17) is 16.3 Å². The average molecular weight is 616 g/mol. The van der Waals surface area contributed by atoms with Gasteiger partial charge in [0.15, 0.2) is 9.84 Å². The SMILES string of the molecule is C=S(C)(=O)NCC1CC(S(=O)(=O)c2cccc(C(F)(F)F)c2)c2cc(/C=C(\C)c3c(F)cccc3Cl)ccc2O1. The van der Waals surface area contributed by atoms with Gasteiger partial charge in [0.2, 0.25) is 0 Å². The summed E-state index contributed by atoms with van der Waals surface area (Å²) >= 11 is 6.19. The van der Waals surface area contributed by atoms with Crippen LogP contribution in [0.25, 0.3) is 11.6 Å². The van der Waals surface area contributed by atoms with Crippen molar-refractivity contribution in [3.8, 4) is 5.75 Å². The zero-order valence-electron chi connectivity index (χ0n) is 21.5. The molecular weight excluding hydrogens is 590 g/mol. The van der Waals surface area contributed by atoms with E-state index in [1.807, 2.05) is 0 Å². The molecule has 0 saturated carbocycles. The van der Waals surface area contributed by atoms with Crippen molar-refractivity contribution < 1.29 is 34.9 Å². The fourth-order valence-corrected chi connectivity index (χ4v) is 7.23. The van der Waals surface area contributed by atoms with Crippen LogP contribution in [0.4, 0.5) is 17.6 Å². The monoisotopic (exact) mass is 615 g/mol. The Hall–Kier alpha value is -2.86. The highest BCUT2D eigenvalue weighted by atomic mass is 35.5. The van der Waals surface area contributed by atoms with Crippen molar-refractivity contribution in [3.05, 3.63) is 93.8 Å². The molecule has 0 aliphatic carbocycles. The largest absolute Gasteiger partial charge is 0.489 e. The number of hydrogen-bond acceptors (Lipinski definition) is 4. The van der Waals surface area contributed by atoms with E-state index in [9.17, 15) is 30.2 Å². The molecule has 0 fully saturated rings. The molecule has 3 aromatic rings. The summed E-state index contributed by atoms with van der Waals surface area (Å²) in [4.78, 5) is -0.487. The standard InChI is InChI=1S/C28H26ClF4NO4S2/c1-17(27-23(29)8-5-9-24(27)30)12-18-10-11-25-22(13-18)26(15-20(38-25)16-34-39(2,3)35)40(36,37)21-7-4-6-19(14-21)28(31,32)33/h4-14,20,26H,2,15-16H2,1,3H3,(H,34,35)/b17-12+. The Balaban J connectivity index is 1.81. The lowest BCUT2D eigenvalue weighted by atomic mass is 9.97. The zero-order chi connectivity index (χ0) is 29.5. The number of sulfone groups is 1. The van der Waals surface area contributed by atoms with Crippen molar-refractivity contribution in [1.29, 1.82) is 0 Å². The molecule has 1 N–H and O–H groups in total. The average Bonchev–Trinajstić information content (AvgIpc) is 2.86. The number of fused-ring (bicyclic) bond motifs is 1. The summed E-state index contributed by atoms with van der Waals surface area (Å²) in [5.41, 5.74) is 0.327. The molecule has 3 unspecified atom stereocenters. The van der Waals surface area contributed by atoms with Crippen molar-refractivity contribution in [3.63, 3.8) is 0 Å². The van der Waals surface area contributed by atoms with Gasteiger partial charge in [-0.2, -0.15) is 13.2 Å². The number of ether oxygens (including phenoxy) is 1. The van der Waals surface area contributed by atoms with Gasteiger partial charge < -0.3 is 4.74 Å². The minimum atomic E-state index is -4.73. The van der Waals surface area contributed by atoms with Crippen LogP contribution in [0, 0.1) is 5.82 Å². The third-order valence-electron chi connectivity index (χ3n) is 6.37. The van der Waals surface area contributed by atoms with Crippen LogP contribution in [-0.4, -0.2) is 37.4 Å². The lowest BCUT2D eigenvalue weighted by Gasteiger charge is -2.32. The van der Waals surface area contributed by atoms with Crippen molar-refractivity contribution in [2.24, 2.45) is 0 Å². The van der Waals surface area contributed by atoms with E-state index in [1.165, 1.54) is 18.4 Å². The first kappa shape index (κ1) is 30.1. The lowest BCUT2D eigenvalue weighted by molar-refractivity contribution is -0.137. The molecule has 3 aromatic carbocycles. The first-order valence-electron chi connectivity index (χ1n) is 12.0. The highest BCUT2D eigenvalue weighted by Crippen LogP contribution is 2.44.